The maximum absolute atomic E-state index is 12.5. The Morgan fingerprint density at radius 2 is 1.97 bits per heavy atom. The number of carboxylic acid groups (broad SMARTS) is 1. The van der Waals surface area contributed by atoms with Gasteiger partial charge in [-0.05, 0) is 35.7 Å². The van der Waals surface area contributed by atoms with Crippen LogP contribution in [0, 0.1) is 5.92 Å². The van der Waals surface area contributed by atoms with E-state index >= 15 is 0 Å². The zero-order valence-electron chi connectivity index (χ0n) is 16.6. The molecule has 2 aromatic heterocycles. The van der Waals surface area contributed by atoms with Gasteiger partial charge in [-0.1, -0.05) is 12.1 Å². The number of pyridine rings is 1. The van der Waals surface area contributed by atoms with Crippen LogP contribution >= 0.6 is 0 Å². The van der Waals surface area contributed by atoms with Crippen molar-refractivity contribution in [2.45, 2.75) is 6.42 Å². The summed E-state index contributed by atoms with van der Waals surface area (Å²) in [4.78, 5) is 36.0. The van der Waals surface area contributed by atoms with Gasteiger partial charge >= 0.3 is 5.97 Å². The normalized spacial score (nSPS) is 15.8. The van der Waals surface area contributed by atoms with E-state index in [-0.39, 0.29) is 12.3 Å². The van der Waals surface area contributed by atoms with Gasteiger partial charge in [0.15, 0.2) is 0 Å². The van der Waals surface area contributed by atoms with Crippen LogP contribution in [0.5, 0.6) is 0 Å². The smallest absolute Gasteiger partial charge is 0.308 e. The average molecular weight is 407 g/mol. The number of aromatic amines is 1. The number of piperazine rings is 1. The molecule has 1 atom stereocenters. The predicted octanol–water partition coefficient (Wildman–Crippen LogP) is 2.41. The zero-order valence-corrected chi connectivity index (χ0v) is 16.6. The van der Waals surface area contributed by atoms with Gasteiger partial charge in [-0.25, -0.2) is 4.98 Å². The van der Waals surface area contributed by atoms with Crippen molar-refractivity contribution in [1.29, 1.82) is 0 Å². The summed E-state index contributed by atoms with van der Waals surface area (Å²) >= 11 is 0. The first-order valence-electron chi connectivity index (χ1n) is 10.1. The lowest BCUT2D eigenvalue weighted by Crippen LogP contribution is -2.49. The molecule has 1 amide bonds. The van der Waals surface area contributed by atoms with Gasteiger partial charge in [-0.3, -0.25) is 14.5 Å². The fourth-order valence-corrected chi connectivity index (χ4v) is 3.80. The number of rotatable bonds is 7. The Hall–Kier alpha value is -3.39. The highest BCUT2D eigenvalue weighted by molar-refractivity contribution is 5.95. The molecular weight excluding hydrogens is 382 g/mol. The first kappa shape index (κ1) is 19.9. The van der Waals surface area contributed by atoms with Gasteiger partial charge in [0.25, 0.3) is 0 Å². The number of aliphatic carboxylic acids is 1. The summed E-state index contributed by atoms with van der Waals surface area (Å²) < 4.78 is 0. The zero-order chi connectivity index (χ0) is 20.9. The van der Waals surface area contributed by atoms with Crippen molar-refractivity contribution in [3.63, 3.8) is 0 Å². The van der Waals surface area contributed by atoms with Crippen LogP contribution in [0.25, 0.3) is 10.9 Å². The minimum Gasteiger partial charge on any atom is -0.481 e. The predicted molar refractivity (Wildman–Crippen MR) is 116 cm³/mol. The summed E-state index contributed by atoms with van der Waals surface area (Å²) in [7, 11) is 0. The molecule has 3 N–H and O–H groups in total. The number of anilines is 2. The topological polar surface area (TPSA) is 102 Å². The maximum atomic E-state index is 12.5. The van der Waals surface area contributed by atoms with Crippen molar-refractivity contribution in [3.8, 4) is 0 Å². The molecule has 0 aliphatic carbocycles. The molecule has 1 saturated heterocycles. The quantitative estimate of drug-likeness (QED) is 0.556. The lowest BCUT2D eigenvalue weighted by molar-refractivity contribution is -0.144. The molecule has 0 radical (unpaired) electrons. The van der Waals surface area contributed by atoms with Gasteiger partial charge in [0, 0.05) is 62.7 Å². The Labute approximate surface area is 174 Å². The maximum Gasteiger partial charge on any atom is 0.308 e. The Morgan fingerprint density at radius 1 is 1.13 bits per heavy atom. The van der Waals surface area contributed by atoms with Crippen molar-refractivity contribution in [1.82, 2.24) is 14.9 Å². The van der Waals surface area contributed by atoms with Gasteiger partial charge in [0.1, 0.15) is 5.82 Å². The van der Waals surface area contributed by atoms with Crippen LogP contribution in [-0.4, -0.2) is 64.6 Å². The number of carbonyl (C=O) groups excluding carboxylic acids is 1. The van der Waals surface area contributed by atoms with Crippen molar-refractivity contribution in [3.05, 3.63) is 54.9 Å². The van der Waals surface area contributed by atoms with Crippen molar-refractivity contribution in [2.24, 2.45) is 5.92 Å². The highest BCUT2D eigenvalue weighted by Crippen LogP contribution is 2.19. The molecule has 8 heteroatoms. The third-order valence-electron chi connectivity index (χ3n) is 5.44. The highest BCUT2D eigenvalue weighted by Gasteiger charge is 2.26. The molecule has 30 heavy (non-hydrogen) atoms. The number of hydrogen-bond acceptors (Lipinski definition) is 5. The number of carboxylic acids is 1. The lowest BCUT2D eigenvalue weighted by atomic mass is 10.0. The van der Waals surface area contributed by atoms with E-state index in [1.807, 2.05) is 48.7 Å². The minimum absolute atomic E-state index is 0.0570. The fraction of sp³-hybridized carbons (Fsp3) is 0.318. The van der Waals surface area contributed by atoms with E-state index in [1.54, 1.807) is 6.20 Å². The fourth-order valence-electron chi connectivity index (χ4n) is 3.80. The van der Waals surface area contributed by atoms with E-state index in [0.717, 1.165) is 42.9 Å². The number of fused-ring (bicyclic) bond motifs is 1. The summed E-state index contributed by atoms with van der Waals surface area (Å²) in [5.74, 6) is -1.05. The number of amides is 1. The van der Waals surface area contributed by atoms with Crippen molar-refractivity contribution < 1.29 is 14.7 Å². The summed E-state index contributed by atoms with van der Waals surface area (Å²) in [6.07, 6.45) is 3.55. The van der Waals surface area contributed by atoms with Crippen molar-refractivity contribution in [2.75, 3.05) is 42.9 Å². The standard InChI is InChI=1S/C22H25N5O3/c28-21(25-18-5-4-16-6-8-23-19(16)14-18)13-17(22(29)30)15-26-9-11-27(12-10-26)20-3-1-2-7-24-20/h1-8,14,17,23H,9-13,15H2,(H,25,28)(H,29,30). The molecule has 1 aliphatic rings. The monoisotopic (exact) mass is 407 g/mol. The van der Waals surface area contributed by atoms with Gasteiger partial charge in [0.05, 0.1) is 5.92 Å². The Kier molecular flexibility index (Phi) is 5.94. The van der Waals surface area contributed by atoms with Gasteiger partial charge < -0.3 is 20.3 Å². The molecule has 156 valence electrons. The Bertz CT molecular complexity index is 1010. The average Bonchev–Trinajstić information content (AvgIpc) is 3.22. The molecular formula is C22H25N5O3. The number of carbonyl (C=O) groups is 2. The number of nitrogens with zero attached hydrogens (tertiary/aromatic N) is 3. The summed E-state index contributed by atoms with van der Waals surface area (Å²) in [6, 6.07) is 13.4. The molecule has 8 nitrogen and oxygen atoms in total. The largest absolute Gasteiger partial charge is 0.481 e. The molecule has 4 rings (SSSR count). The van der Waals surface area contributed by atoms with Crippen LogP contribution in [0.15, 0.2) is 54.9 Å². The molecule has 0 bridgehead atoms. The van der Waals surface area contributed by atoms with Crippen LogP contribution < -0.4 is 10.2 Å². The molecule has 1 fully saturated rings. The Balaban J connectivity index is 1.30. The second kappa shape index (κ2) is 8.96. The number of aromatic nitrogens is 2. The number of hydrogen-bond donors (Lipinski definition) is 3. The van der Waals surface area contributed by atoms with Gasteiger partial charge in [-0.2, -0.15) is 0 Å². The van der Waals surface area contributed by atoms with E-state index in [4.69, 9.17) is 0 Å². The van der Waals surface area contributed by atoms with E-state index in [9.17, 15) is 14.7 Å². The van der Waals surface area contributed by atoms with E-state index in [1.165, 1.54) is 0 Å². The molecule has 1 aromatic carbocycles. The van der Waals surface area contributed by atoms with Gasteiger partial charge in [0.2, 0.25) is 5.91 Å². The molecule has 1 aliphatic heterocycles. The Morgan fingerprint density at radius 3 is 2.70 bits per heavy atom. The van der Waals surface area contributed by atoms with Crippen LogP contribution in [0.4, 0.5) is 11.5 Å². The molecule has 1 unspecified atom stereocenters. The van der Waals surface area contributed by atoms with Crippen molar-refractivity contribution >= 4 is 34.3 Å². The molecule has 3 heterocycles. The lowest BCUT2D eigenvalue weighted by Gasteiger charge is -2.36. The van der Waals surface area contributed by atoms with E-state index < -0.39 is 11.9 Å². The number of benzene rings is 1. The first-order chi connectivity index (χ1) is 14.6. The second-order valence-electron chi connectivity index (χ2n) is 7.54. The molecule has 0 saturated carbocycles. The minimum atomic E-state index is -0.947. The summed E-state index contributed by atoms with van der Waals surface area (Å²) in [5, 5.41) is 13.5. The van der Waals surface area contributed by atoms with Crippen LogP contribution in [0.2, 0.25) is 0 Å². The van der Waals surface area contributed by atoms with E-state index in [0.29, 0.717) is 12.2 Å². The van der Waals surface area contributed by atoms with E-state index in [2.05, 4.69) is 25.1 Å². The van der Waals surface area contributed by atoms with Gasteiger partial charge in [-0.15, -0.1) is 0 Å². The molecule has 3 aromatic rings. The third-order valence-corrected chi connectivity index (χ3v) is 5.44. The van der Waals surface area contributed by atoms with Crippen LogP contribution in [-0.2, 0) is 9.59 Å². The van der Waals surface area contributed by atoms with Crippen LogP contribution in [0.1, 0.15) is 6.42 Å². The highest BCUT2D eigenvalue weighted by atomic mass is 16.4. The molecule has 0 spiro atoms. The third kappa shape index (κ3) is 4.77. The number of H-pyrrole nitrogens is 1. The summed E-state index contributed by atoms with van der Waals surface area (Å²) in [5.41, 5.74) is 1.58. The second-order valence-corrected chi connectivity index (χ2v) is 7.54. The number of nitrogens with one attached hydrogen (secondary N) is 2. The van der Waals surface area contributed by atoms with Crippen LogP contribution in [0.3, 0.4) is 0 Å². The first-order valence-corrected chi connectivity index (χ1v) is 10.1. The summed E-state index contributed by atoms with van der Waals surface area (Å²) in [6.45, 7) is 3.41. The SMILES string of the molecule is O=C(CC(CN1CCN(c2ccccn2)CC1)C(=O)O)Nc1ccc2cc[nH]c2c1.